The lowest BCUT2D eigenvalue weighted by atomic mass is 10.5. The number of allylic oxidation sites excluding steroid dienone is 2. The van der Waals surface area contributed by atoms with Crippen LogP contribution in [-0.2, 0) is 9.59 Å². The Morgan fingerprint density at radius 2 is 1.17 bits per heavy atom. The first-order valence-electron chi connectivity index (χ1n) is 3.25. The van der Waals surface area contributed by atoms with Crippen LogP contribution in [0.1, 0.15) is 13.8 Å². The van der Waals surface area contributed by atoms with E-state index in [9.17, 15) is 9.59 Å². The number of hydrogen-bond acceptors (Lipinski definition) is 2. The Kier molecular flexibility index (Phi) is 10.2. The Bertz CT molecular complexity index is 169. The highest BCUT2D eigenvalue weighted by atomic mass is 16.4. The summed E-state index contributed by atoms with van der Waals surface area (Å²) in [5.41, 5.74) is 0. The van der Waals surface area contributed by atoms with Crippen LogP contribution in [0.3, 0.4) is 0 Å². The molecular formula is C8H12O4. The van der Waals surface area contributed by atoms with Crippen molar-refractivity contribution in [3.05, 3.63) is 24.3 Å². The summed E-state index contributed by atoms with van der Waals surface area (Å²) in [4.78, 5) is 19.0. The minimum Gasteiger partial charge on any atom is -0.478 e. The van der Waals surface area contributed by atoms with Crippen molar-refractivity contribution in [2.75, 3.05) is 0 Å². The second-order valence-corrected chi connectivity index (χ2v) is 1.68. The van der Waals surface area contributed by atoms with Crippen molar-refractivity contribution in [2.45, 2.75) is 13.8 Å². The maximum absolute atomic E-state index is 9.51. The molecule has 0 fully saturated rings. The minimum atomic E-state index is -0.891. The average Bonchev–Trinajstić information content (AvgIpc) is 1.87. The standard InChI is InChI=1S/2C4H6O2/c2*1-2-3-4(5)6/h2*2-3H,1H3,(H,5,6). The first kappa shape index (κ1) is 13.0. The second kappa shape index (κ2) is 9.42. The fraction of sp³-hybridized carbons (Fsp3) is 0.250. The van der Waals surface area contributed by atoms with Crippen molar-refractivity contribution in [1.82, 2.24) is 0 Å². The van der Waals surface area contributed by atoms with Gasteiger partial charge in [-0.3, -0.25) is 0 Å². The molecular weight excluding hydrogens is 160 g/mol. The molecule has 0 heterocycles. The molecule has 0 rings (SSSR count). The molecule has 0 saturated heterocycles. The summed E-state index contributed by atoms with van der Waals surface area (Å²) in [6.07, 6.45) is 5.12. The molecule has 0 aliphatic carbocycles. The summed E-state index contributed by atoms with van der Waals surface area (Å²) in [6, 6.07) is 0. The van der Waals surface area contributed by atoms with Gasteiger partial charge in [0.1, 0.15) is 0 Å². The van der Waals surface area contributed by atoms with E-state index in [1.165, 1.54) is 12.2 Å². The largest absolute Gasteiger partial charge is 0.478 e. The van der Waals surface area contributed by atoms with Gasteiger partial charge < -0.3 is 10.2 Å². The predicted molar refractivity (Wildman–Crippen MR) is 44.9 cm³/mol. The number of aliphatic carboxylic acids is 2. The molecule has 0 radical (unpaired) electrons. The quantitative estimate of drug-likeness (QED) is 0.615. The first-order valence-corrected chi connectivity index (χ1v) is 3.25. The van der Waals surface area contributed by atoms with Crippen LogP contribution in [-0.4, -0.2) is 22.2 Å². The van der Waals surface area contributed by atoms with Gasteiger partial charge in [-0.05, 0) is 13.8 Å². The third-order valence-corrected chi connectivity index (χ3v) is 0.618. The summed E-state index contributed by atoms with van der Waals surface area (Å²) >= 11 is 0. The van der Waals surface area contributed by atoms with Crippen LogP contribution in [0, 0.1) is 0 Å². The molecule has 4 heteroatoms. The molecule has 0 aliphatic heterocycles. The summed E-state index contributed by atoms with van der Waals surface area (Å²) < 4.78 is 0. The van der Waals surface area contributed by atoms with Crippen molar-refractivity contribution in [2.24, 2.45) is 0 Å². The molecule has 0 amide bonds. The fourth-order valence-electron chi connectivity index (χ4n) is 0.285. The highest BCUT2D eigenvalue weighted by molar-refractivity contribution is 5.79. The molecule has 4 nitrogen and oxygen atoms in total. The molecule has 0 bridgehead atoms. The molecule has 0 aromatic heterocycles. The van der Waals surface area contributed by atoms with Gasteiger partial charge in [0.2, 0.25) is 0 Å². The maximum atomic E-state index is 9.51. The Labute approximate surface area is 70.8 Å². The zero-order valence-corrected chi connectivity index (χ0v) is 7.02. The van der Waals surface area contributed by atoms with Crippen molar-refractivity contribution in [3.63, 3.8) is 0 Å². The SMILES string of the molecule is CC=CC(=O)O.CC=CC(=O)O. The highest BCUT2D eigenvalue weighted by Gasteiger charge is 1.77. The van der Waals surface area contributed by atoms with Crippen LogP contribution in [0.4, 0.5) is 0 Å². The normalized spacial score (nSPS) is 9.50. The summed E-state index contributed by atoms with van der Waals surface area (Å²) in [5, 5.41) is 15.7. The monoisotopic (exact) mass is 172 g/mol. The predicted octanol–water partition coefficient (Wildman–Crippen LogP) is 1.29. The van der Waals surface area contributed by atoms with E-state index in [4.69, 9.17) is 10.2 Å². The Balaban J connectivity index is 0. The van der Waals surface area contributed by atoms with Crippen LogP contribution in [0.25, 0.3) is 0 Å². The third kappa shape index (κ3) is 23.7. The Morgan fingerprint density at radius 1 is 0.917 bits per heavy atom. The molecule has 0 unspecified atom stereocenters. The smallest absolute Gasteiger partial charge is 0.327 e. The van der Waals surface area contributed by atoms with E-state index < -0.39 is 11.9 Å². The summed E-state index contributed by atoms with van der Waals surface area (Å²) in [7, 11) is 0. The molecule has 2 N–H and O–H groups in total. The third-order valence-electron chi connectivity index (χ3n) is 0.618. The van der Waals surface area contributed by atoms with Gasteiger partial charge in [-0.2, -0.15) is 0 Å². The van der Waals surface area contributed by atoms with Crippen LogP contribution >= 0.6 is 0 Å². The van der Waals surface area contributed by atoms with E-state index >= 15 is 0 Å². The zero-order chi connectivity index (χ0) is 9.98. The van der Waals surface area contributed by atoms with Crippen molar-refractivity contribution in [1.29, 1.82) is 0 Å². The zero-order valence-electron chi connectivity index (χ0n) is 7.02. The van der Waals surface area contributed by atoms with Crippen LogP contribution < -0.4 is 0 Å². The van der Waals surface area contributed by atoms with E-state index in [1.807, 2.05) is 0 Å². The van der Waals surface area contributed by atoms with E-state index in [2.05, 4.69) is 0 Å². The molecule has 0 aliphatic rings. The molecule has 0 spiro atoms. The molecule has 0 aromatic carbocycles. The topological polar surface area (TPSA) is 74.6 Å². The van der Waals surface area contributed by atoms with E-state index in [0.29, 0.717) is 0 Å². The number of rotatable bonds is 2. The number of hydrogen-bond donors (Lipinski definition) is 2. The molecule has 12 heavy (non-hydrogen) atoms. The lowest BCUT2D eigenvalue weighted by Crippen LogP contribution is -1.83. The summed E-state index contributed by atoms with van der Waals surface area (Å²) in [6.45, 7) is 3.32. The van der Waals surface area contributed by atoms with Gasteiger partial charge in [-0.25, -0.2) is 9.59 Å². The van der Waals surface area contributed by atoms with Crippen LogP contribution in [0.2, 0.25) is 0 Å². The van der Waals surface area contributed by atoms with Gasteiger partial charge in [-0.1, -0.05) is 12.2 Å². The lowest BCUT2D eigenvalue weighted by molar-refractivity contribution is -0.132. The Morgan fingerprint density at radius 3 is 1.17 bits per heavy atom. The number of carboxylic acids is 2. The molecule has 0 saturated carbocycles. The number of carboxylic acid groups (broad SMARTS) is 2. The van der Waals surface area contributed by atoms with E-state index in [1.54, 1.807) is 13.8 Å². The number of carbonyl (C=O) groups is 2. The average molecular weight is 172 g/mol. The second-order valence-electron chi connectivity index (χ2n) is 1.68. The van der Waals surface area contributed by atoms with Gasteiger partial charge in [0, 0.05) is 12.2 Å². The van der Waals surface area contributed by atoms with E-state index in [-0.39, 0.29) is 0 Å². The van der Waals surface area contributed by atoms with Gasteiger partial charge in [0.15, 0.2) is 0 Å². The van der Waals surface area contributed by atoms with Gasteiger partial charge in [0.25, 0.3) is 0 Å². The molecule has 0 atom stereocenters. The summed E-state index contributed by atoms with van der Waals surface area (Å²) in [5.74, 6) is -1.78. The highest BCUT2D eigenvalue weighted by Crippen LogP contribution is 1.65. The van der Waals surface area contributed by atoms with Crippen molar-refractivity contribution in [3.8, 4) is 0 Å². The molecule has 68 valence electrons. The van der Waals surface area contributed by atoms with Gasteiger partial charge >= 0.3 is 11.9 Å². The molecule has 0 aromatic rings. The Hall–Kier alpha value is -1.58. The van der Waals surface area contributed by atoms with Crippen LogP contribution in [0.5, 0.6) is 0 Å². The van der Waals surface area contributed by atoms with Gasteiger partial charge in [-0.15, -0.1) is 0 Å². The van der Waals surface area contributed by atoms with Crippen LogP contribution in [0.15, 0.2) is 24.3 Å². The minimum absolute atomic E-state index is 0.891. The van der Waals surface area contributed by atoms with E-state index in [0.717, 1.165) is 12.2 Å². The fourth-order valence-corrected chi connectivity index (χ4v) is 0.285. The first-order chi connectivity index (χ1) is 5.54. The van der Waals surface area contributed by atoms with Gasteiger partial charge in [0.05, 0.1) is 0 Å². The van der Waals surface area contributed by atoms with Crippen molar-refractivity contribution < 1.29 is 19.8 Å². The van der Waals surface area contributed by atoms with Crippen molar-refractivity contribution >= 4 is 11.9 Å². The maximum Gasteiger partial charge on any atom is 0.327 e. The lowest BCUT2D eigenvalue weighted by Gasteiger charge is -1.68.